The van der Waals surface area contributed by atoms with E-state index in [2.05, 4.69) is 27.4 Å². The minimum absolute atomic E-state index is 0.196. The van der Waals surface area contributed by atoms with E-state index in [0.717, 1.165) is 25.7 Å². The van der Waals surface area contributed by atoms with Crippen LogP contribution in [-0.2, 0) is 4.79 Å². The van der Waals surface area contributed by atoms with Gasteiger partial charge in [-0.25, -0.2) is 4.79 Å². The number of carboxylic acid groups (broad SMARTS) is 1. The number of carboxylic acids is 1. The van der Waals surface area contributed by atoms with Gasteiger partial charge in [0.2, 0.25) is 0 Å². The van der Waals surface area contributed by atoms with Crippen molar-refractivity contribution >= 4 is 5.97 Å². The second kappa shape index (κ2) is 7.12. The van der Waals surface area contributed by atoms with Crippen LogP contribution in [0.15, 0.2) is 12.2 Å². The van der Waals surface area contributed by atoms with Crippen molar-refractivity contribution in [3.05, 3.63) is 12.2 Å². The third-order valence-corrected chi connectivity index (χ3v) is 5.23. The van der Waals surface area contributed by atoms with Crippen molar-refractivity contribution in [2.75, 3.05) is 0 Å². The summed E-state index contributed by atoms with van der Waals surface area (Å²) in [5.74, 6) is 0.0374. The van der Waals surface area contributed by atoms with Crippen LogP contribution in [0.25, 0.3) is 0 Å². The van der Waals surface area contributed by atoms with Gasteiger partial charge in [0.05, 0.1) is 0 Å². The Labute approximate surface area is 118 Å². The maximum atomic E-state index is 11.1. The fourth-order valence-corrected chi connectivity index (χ4v) is 3.71. The Balaban J connectivity index is 2.64. The summed E-state index contributed by atoms with van der Waals surface area (Å²) in [7, 11) is 0. The van der Waals surface area contributed by atoms with Crippen molar-refractivity contribution < 1.29 is 9.90 Å². The second-order valence-electron chi connectivity index (χ2n) is 6.52. The molecule has 110 valence electrons. The molecule has 1 rings (SSSR count). The normalized spacial score (nSPS) is 31.1. The quantitative estimate of drug-likeness (QED) is 0.517. The van der Waals surface area contributed by atoms with Gasteiger partial charge in [0.25, 0.3) is 0 Å². The highest BCUT2D eigenvalue weighted by molar-refractivity contribution is 5.86. The third kappa shape index (κ3) is 4.09. The number of hydrogen-bond acceptors (Lipinski definition) is 1. The topological polar surface area (TPSA) is 37.3 Å². The first kappa shape index (κ1) is 16.3. The van der Waals surface area contributed by atoms with Crippen LogP contribution in [0.3, 0.4) is 0 Å². The molecule has 1 aliphatic carbocycles. The van der Waals surface area contributed by atoms with E-state index in [1.807, 2.05) is 0 Å². The molecule has 0 aliphatic heterocycles. The van der Waals surface area contributed by atoms with E-state index in [9.17, 15) is 4.79 Å². The zero-order valence-corrected chi connectivity index (χ0v) is 12.9. The zero-order valence-electron chi connectivity index (χ0n) is 12.9. The maximum Gasteiger partial charge on any atom is 0.331 e. The molecule has 0 aromatic heterocycles. The van der Waals surface area contributed by atoms with E-state index >= 15 is 0 Å². The molecule has 2 heteroatoms. The molecule has 0 unspecified atom stereocenters. The van der Waals surface area contributed by atoms with Gasteiger partial charge in [-0.05, 0) is 42.9 Å². The van der Waals surface area contributed by atoms with Gasteiger partial charge in [-0.3, -0.25) is 0 Å². The van der Waals surface area contributed by atoms with Gasteiger partial charge in [-0.2, -0.15) is 0 Å². The van der Waals surface area contributed by atoms with Gasteiger partial charge in [0.15, 0.2) is 0 Å². The van der Waals surface area contributed by atoms with Gasteiger partial charge in [0.1, 0.15) is 0 Å². The predicted molar refractivity (Wildman–Crippen MR) is 80.1 cm³/mol. The maximum absolute atomic E-state index is 11.1. The molecule has 19 heavy (non-hydrogen) atoms. The first-order valence-electron chi connectivity index (χ1n) is 7.86. The van der Waals surface area contributed by atoms with E-state index < -0.39 is 5.97 Å². The van der Waals surface area contributed by atoms with Crippen LogP contribution in [0.1, 0.15) is 72.1 Å². The number of unbranched alkanes of at least 4 members (excludes halogenated alkanes) is 2. The fourth-order valence-electron chi connectivity index (χ4n) is 3.71. The molecule has 0 saturated heterocycles. The SMILES string of the molecule is C=C(C(=O)O)[C@@H]1CC[C@@](C)(CCCCC)[C@H](CC)C1. The minimum Gasteiger partial charge on any atom is -0.478 e. The summed E-state index contributed by atoms with van der Waals surface area (Å²) in [6.07, 6.45) is 9.54. The summed E-state index contributed by atoms with van der Waals surface area (Å²) < 4.78 is 0. The molecule has 1 saturated carbocycles. The number of rotatable bonds is 7. The van der Waals surface area contributed by atoms with Crippen molar-refractivity contribution in [3.8, 4) is 0 Å². The Hall–Kier alpha value is -0.790. The standard InChI is InChI=1S/C17H30O2/c1-5-7-8-10-17(4)11-9-14(12-15(17)6-2)13(3)16(18)19/h14-15H,3,5-12H2,1-2,4H3,(H,18,19)/t14-,15-,17-/m1/s1. The number of aliphatic carboxylic acids is 1. The highest BCUT2D eigenvalue weighted by Gasteiger charge is 2.39. The highest BCUT2D eigenvalue weighted by Crippen LogP contribution is 2.49. The van der Waals surface area contributed by atoms with Crippen molar-refractivity contribution in [2.45, 2.75) is 72.1 Å². The molecule has 1 N–H and O–H groups in total. The lowest BCUT2D eigenvalue weighted by Crippen LogP contribution is -2.35. The average molecular weight is 266 g/mol. The Morgan fingerprint density at radius 3 is 2.58 bits per heavy atom. The predicted octanol–water partition coefficient (Wildman–Crippen LogP) is 5.04. The molecule has 0 amide bonds. The lowest BCUT2D eigenvalue weighted by molar-refractivity contribution is -0.133. The largest absolute Gasteiger partial charge is 0.478 e. The van der Waals surface area contributed by atoms with Gasteiger partial charge in [0, 0.05) is 5.57 Å². The first-order valence-corrected chi connectivity index (χ1v) is 7.86. The summed E-state index contributed by atoms with van der Waals surface area (Å²) in [6.45, 7) is 10.7. The Morgan fingerprint density at radius 1 is 1.37 bits per heavy atom. The van der Waals surface area contributed by atoms with Crippen molar-refractivity contribution in [1.82, 2.24) is 0 Å². The van der Waals surface area contributed by atoms with Gasteiger partial charge in [-0.1, -0.05) is 53.0 Å². The molecule has 3 atom stereocenters. The van der Waals surface area contributed by atoms with Crippen molar-refractivity contribution in [1.29, 1.82) is 0 Å². The Kier molecular flexibility index (Phi) is 6.09. The number of carbonyl (C=O) groups is 1. The van der Waals surface area contributed by atoms with E-state index in [4.69, 9.17) is 5.11 Å². The summed E-state index contributed by atoms with van der Waals surface area (Å²) in [6, 6.07) is 0. The lowest BCUT2D eigenvalue weighted by Gasteiger charge is -2.45. The van der Waals surface area contributed by atoms with Crippen molar-refractivity contribution in [3.63, 3.8) is 0 Å². The summed E-state index contributed by atoms with van der Waals surface area (Å²) >= 11 is 0. The molecular weight excluding hydrogens is 236 g/mol. The van der Waals surface area contributed by atoms with Crippen LogP contribution < -0.4 is 0 Å². The van der Waals surface area contributed by atoms with Gasteiger partial charge in [-0.15, -0.1) is 0 Å². The highest BCUT2D eigenvalue weighted by atomic mass is 16.4. The number of hydrogen-bond donors (Lipinski definition) is 1. The Bertz CT molecular complexity index is 321. The molecule has 1 fully saturated rings. The van der Waals surface area contributed by atoms with E-state index in [-0.39, 0.29) is 5.92 Å². The third-order valence-electron chi connectivity index (χ3n) is 5.23. The molecular formula is C17H30O2. The molecule has 0 heterocycles. The van der Waals surface area contributed by atoms with Crippen molar-refractivity contribution in [2.24, 2.45) is 17.3 Å². The average Bonchev–Trinajstić information content (AvgIpc) is 2.38. The second-order valence-corrected chi connectivity index (χ2v) is 6.52. The van der Waals surface area contributed by atoms with Crippen LogP contribution in [0.4, 0.5) is 0 Å². The molecule has 0 aromatic rings. The fraction of sp³-hybridized carbons (Fsp3) is 0.824. The first-order chi connectivity index (χ1) is 8.94. The van der Waals surface area contributed by atoms with Crippen LogP contribution in [0.5, 0.6) is 0 Å². The summed E-state index contributed by atoms with van der Waals surface area (Å²) in [5, 5.41) is 9.10. The lowest BCUT2D eigenvalue weighted by atomic mass is 9.60. The van der Waals surface area contributed by atoms with Crippen LogP contribution >= 0.6 is 0 Å². The minimum atomic E-state index is -0.811. The molecule has 0 spiro atoms. The molecule has 0 aromatic carbocycles. The molecule has 1 aliphatic rings. The van der Waals surface area contributed by atoms with Crippen LogP contribution in [0.2, 0.25) is 0 Å². The molecule has 2 nitrogen and oxygen atoms in total. The Morgan fingerprint density at radius 2 is 2.05 bits per heavy atom. The molecule has 0 bridgehead atoms. The zero-order chi connectivity index (χ0) is 14.5. The van der Waals surface area contributed by atoms with E-state index in [0.29, 0.717) is 16.9 Å². The smallest absolute Gasteiger partial charge is 0.331 e. The van der Waals surface area contributed by atoms with E-state index in [1.165, 1.54) is 25.7 Å². The summed E-state index contributed by atoms with van der Waals surface area (Å²) in [5.41, 5.74) is 0.841. The molecule has 0 radical (unpaired) electrons. The van der Waals surface area contributed by atoms with E-state index in [1.54, 1.807) is 0 Å². The van der Waals surface area contributed by atoms with Crippen LogP contribution in [0, 0.1) is 17.3 Å². The van der Waals surface area contributed by atoms with Gasteiger partial charge >= 0.3 is 5.97 Å². The summed E-state index contributed by atoms with van der Waals surface area (Å²) in [4.78, 5) is 11.1. The monoisotopic (exact) mass is 266 g/mol. The van der Waals surface area contributed by atoms with Crippen LogP contribution in [-0.4, -0.2) is 11.1 Å². The van der Waals surface area contributed by atoms with Gasteiger partial charge < -0.3 is 5.11 Å².